The van der Waals surface area contributed by atoms with Crippen molar-refractivity contribution in [1.82, 2.24) is 0 Å². The van der Waals surface area contributed by atoms with Crippen LogP contribution in [0.15, 0.2) is 0 Å². The van der Waals surface area contributed by atoms with Crippen molar-refractivity contribution in [2.75, 3.05) is 12.9 Å². The summed E-state index contributed by atoms with van der Waals surface area (Å²) in [5, 5.41) is 0.0604. The topological polar surface area (TPSA) is 43.4 Å². The fourth-order valence-electron chi connectivity index (χ4n) is 1.01. The maximum absolute atomic E-state index is 11.2. The molecule has 0 unspecified atom stereocenters. The van der Waals surface area contributed by atoms with Crippen molar-refractivity contribution >= 4 is 22.8 Å². The average molecular weight is 188 g/mol. The molecule has 0 N–H and O–H groups in total. The van der Waals surface area contributed by atoms with E-state index >= 15 is 0 Å². The normalized spacial score (nSPS) is 18.5. The Morgan fingerprint density at radius 1 is 1.50 bits per heavy atom. The van der Waals surface area contributed by atoms with Gasteiger partial charge in [-0.25, -0.2) is 0 Å². The van der Waals surface area contributed by atoms with Gasteiger partial charge in [0.2, 0.25) is 0 Å². The van der Waals surface area contributed by atoms with Crippen molar-refractivity contribution in [3.63, 3.8) is 0 Å². The average Bonchev–Trinajstić information content (AvgIpc) is 2.80. The maximum atomic E-state index is 11.2. The van der Waals surface area contributed by atoms with E-state index in [1.54, 1.807) is 0 Å². The van der Waals surface area contributed by atoms with E-state index in [4.69, 9.17) is 0 Å². The van der Waals surface area contributed by atoms with Gasteiger partial charge in [-0.3, -0.25) is 9.59 Å². The lowest BCUT2D eigenvalue weighted by Gasteiger charge is -2.09. The van der Waals surface area contributed by atoms with Crippen molar-refractivity contribution in [1.29, 1.82) is 0 Å². The number of carbonyl (C=O) groups excluding carboxylic acids is 2. The van der Waals surface area contributed by atoms with Crippen molar-refractivity contribution in [2.45, 2.75) is 19.8 Å². The quantitative estimate of drug-likeness (QED) is 0.624. The molecule has 1 aliphatic rings. The summed E-state index contributed by atoms with van der Waals surface area (Å²) < 4.78 is 4.65. The molecule has 3 nitrogen and oxygen atoms in total. The SMILES string of the molecule is COC(=O)C1(CSC(C)=O)CC1. The van der Waals surface area contributed by atoms with Gasteiger partial charge in [0.1, 0.15) is 0 Å². The molecular weight excluding hydrogens is 176 g/mol. The summed E-state index contributed by atoms with van der Waals surface area (Å²) in [6, 6.07) is 0. The van der Waals surface area contributed by atoms with Crippen LogP contribution in [0.4, 0.5) is 0 Å². The highest BCUT2D eigenvalue weighted by molar-refractivity contribution is 8.13. The largest absolute Gasteiger partial charge is 0.469 e. The summed E-state index contributed by atoms with van der Waals surface area (Å²) in [5.41, 5.74) is -0.328. The van der Waals surface area contributed by atoms with E-state index in [1.165, 1.54) is 25.8 Å². The zero-order valence-electron chi connectivity index (χ0n) is 7.25. The van der Waals surface area contributed by atoms with Crippen LogP contribution in [0.2, 0.25) is 0 Å². The Kier molecular flexibility index (Phi) is 2.77. The van der Waals surface area contributed by atoms with Crippen LogP contribution in [0.25, 0.3) is 0 Å². The minimum atomic E-state index is -0.328. The molecule has 0 spiro atoms. The lowest BCUT2D eigenvalue weighted by molar-refractivity contribution is -0.146. The minimum absolute atomic E-state index is 0.0604. The van der Waals surface area contributed by atoms with Crippen LogP contribution in [0.5, 0.6) is 0 Å². The van der Waals surface area contributed by atoms with Gasteiger partial charge in [0.25, 0.3) is 0 Å². The number of thioether (sulfide) groups is 1. The Balaban J connectivity index is 2.39. The lowest BCUT2D eigenvalue weighted by Crippen LogP contribution is -2.20. The molecule has 0 atom stereocenters. The minimum Gasteiger partial charge on any atom is -0.469 e. The van der Waals surface area contributed by atoms with Gasteiger partial charge in [0.15, 0.2) is 5.12 Å². The van der Waals surface area contributed by atoms with E-state index < -0.39 is 0 Å². The first-order valence-corrected chi connectivity index (χ1v) is 4.81. The van der Waals surface area contributed by atoms with Crippen molar-refractivity contribution < 1.29 is 14.3 Å². The lowest BCUT2D eigenvalue weighted by atomic mass is 10.1. The molecular formula is C8H12O3S. The van der Waals surface area contributed by atoms with Crippen LogP contribution in [0, 0.1) is 5.41 Å². The first-order valence-electron chi connectivity index (χ1n) is 3.82. The number of hydrogen-bond acceptors (Lipinski definition) is 4. The number of hydrogen-bond donors (Lipinski definition) is 0. The molecule has 0 saturated heterocycles. The number of carbonyl (C=O) groups is 2. The molecule has 0 aromatic carbocycles. The van der Waals surface area contributed by atoms with Gasteiger partial charge in [-0.05, 0) is 12.8 Å². The molecule has 1 aliphatic carbocycles. The molecule has 0 amide bonds. The molecule has 0 aromatic heterocycles. The Labute approximate surface area is 75.8 Å². The standard InChI is InChI=1S/C8H12O3S/c1-6(9)12-5-8(3-4-8)7(10)11-2/h3-5H2,1-2H3. The number of ether oxygens (including phenoxy) is 1. The third-order valence-electron chi connectivity index (χ3n) is 2.02. The van der Waals surface area contributed by atoms with Crippen molar-refractivity contribution in [2.24, 2.45) is 5.41 Å². The monoisotopic (exact) mass is 188 g/mol. The zero-order chi connectivity index (χ0) is 9.19. The van der Waals surface area contributed by atoms with Gasteiger partial charge in [-0.15, -0.1) is 0 Å². The fourth-order valence-corrected chi connectivity index (χ4v) is 1.90. The van der Waals surface area contributed by atoms with E-state index in [1.807, 2.05) is 0 Å². The predicted octanol–water partition coefficient (Wildman–Crippen LogP) is 1.22. The molecule has 0 aliphatic heterocycles. The molecule has 1 saturated carbocycles. The molecule has 68 valence electrons. The van der Waals surface area contributed by atoms with Crippen LogP contribution in [0.1, 0.15) is 19.8 Å². The van der Waals surface area contributed by atoms with Crippen molar-refractivity contribution in [3.05, 3.63) is 0 Å². The number of esters is 1. The Morgan fingerprint density at radius 3 is 2.42 bits per heavy atom. The first kappa shape index (κ1) is 9.58. The Bertz CT molecular complexity index is 208. The summed E-state index contributed by atoms with van der Waals surface area (Å²) >= 11 is 1.20. The maximum Gasteiger partial charge on any atom is 0.312 e. The highest BCUT2D eigenvalue weighted by Gasteiger charge is 2.51. The van der Waals surface area contributed by atoms with Gasteiger partial charge in [-0.1, -0.05) is 11.8 Å². The molecule has 4 heteroatoms. The smallest absolute Gasteiger partial charge is 0.312 e. The molecule has 0 aromatic rings. The summed E-state index contributed by atoms with van der Waals surface area (Å²) in [6.45, 7) is 1.51. The molecule has 0 radical (unpaired) electrons. The fraction of sp³-hybridized carbons (Fsp3) is 0.750. The van der Waals surface area contributed by atoms with Gasteiger partial charge in [-0.2, -0.15) is 0 Å². The Hall–Kier alpha value is -0.510. The summed E-state index contributed by atoms with van der Waals surface area (Å²) in [7, 11) is 1.39. The highest BCUT2D eigenvalue weighted by atomic mass is 32.2. The van der Waals surface area contributed by atoms with Gasteiger partial charge < -0.3 is 4.74 Å². The number of rotatable bonds is 3. The van der Waals surface area contributed by atoms with E-state index in [2.05, 4.69) is 4.74 Å². The van der Waals surface area contributed by atoms with E-state index in [9.17, 15) is 9.59 Å². The van der Waals surface area contributed by atoms with Gasteiger partial charge in [0.05, 0.1) is 12.5 Å². The van der Waals surface area contributed by atoms with Gasteiger partial charge in [0, 0.05) is 12.7 Å². The molecule has 0 bridgehead atoms. The second-order valence-electron chi connectivity index (χ2n) is 3.05. The molecule has 1 rings (SSSR count). The van der Waals surface area contributed by atoms with E-state index in [0.29, 0.717) is 5.75 Å². The van der Waals surface area contributed by atoms with Crippen LogP contribution >= 0.6 is 11.8 Å². The van der Waals surface area contributed by atoms with Crippen LogP contribution < -0.4 is 0 Å². The van der Waals surface area contributed by atoms with Crippen LogP contribution in [0.3, 0.4) is 0 Å². The third-order valence-corrected chi connectivity index (χ3v) is 3.13. The summed E-state index contributed by atoms with van der Waals surface area (Å²) in [5.74, 6) is 0.408. The second-order valence-corrected chi connectivity index (χ2v) is 4.20. The second kappa shape index (κ2) is 3.47. The van der Waals surface area contributed by atoms with Crippen LogP contribution in [-0.4, -0.2) is 23.9 Å². The Morgan fingerprint density at radius 2 is 2.08 bits per heavy atom. The molecule has 12 heavy (non-hydrogen) atoms. The summed E-state index contributed by atoms with van der Waals surface area (Å²) in [6.07, 6.45) is 1.72. The molecule has 1 fully saturated rings. The first-order chi connectivity index (χ1) is 5.60. The van der Waals surface area contributed by atoms with E-state index in [0.717, 1.165) is 12.8 Å². The zero-order valence-corrected chi connectivity index (χ0v) is 8.07. The van der Waals surface area contributed by atoms with Gasteiger partial charge >= 0.3 is 5.97 Å². The number of methoxy groups -OCH3 is 1. The predicted molar refractivity (Wildman–Crippen MR) is 46.8 cm³/mol. The van der Waals surface area contributed by atoms with Crippen LogP contribution in [-0.2, 0) is 14.3 Å². The summed E-state index contributed by atoms with van der Waals surface area (Å²) in [4.78, 5) is 21.8. The van der Waals surface area contributed by atoms with E-state index in [-0.39, 0.29) is 16.5 Å². The third kappa shape index (κ3) is 2.00. The molecule has 0 heterocycles. The van der Waals surface area contributed by atoms with Crippen molar-refractivity contribution in [3.8, 4) is 0 Å². The highest BCUT2D eigenvalue weighted by Crippen LogP contribution is 2.49.